The Balaban J connectivity index is 1.80. The third kappa shape index (κ3) is 1.99. The average Bonchev–Trinajstić information content (AvgIpc) is 2.67. The second-order valence-electron chi connectivity index (χ2n) is 5.11. The average molecular weight is 247 g/mol. The smallest absolute Gasteiger partial charge is 0.323 e. The van der Waals surface area contributed by atoms with Gasteiger partial charge in [-0.15, -0.1) is 0 Å². The maximum Gasteiger partial charge on any atom is 0.323 e. The molecule has 2 aliphatic heterocycles. The van der Waals surface area contributed by atoms with E-state index in [0.29, 0.717) is 0 Å². The van der Waals surface area contributed by atoms with Gasteiger partial charge in [0.1, 0.15) is 18.0 Å². The van der Waals surface area contributed by atoms with Crippen LogP contribution in [0, 0.1) is 6.92 Å². The molecule has 96 valence electrons. The second kappa shape index (κ2) is 4.31. The van der Waals surface area contributed by atoms with Gasteiger partial charge in [-0.05, 0) is 25.8 Å². The number of cyclic esters (lactones) is 1. The van der Waals surface area contributed by atoms with Crippen LogP contribution in [0.2, 0.25) is 0 Å². The van der Waals surface area contributed by atoms with Crippen LogP contribution in [-0.2, 0) is 22.5 Å². The molecule has 0 spiro atoms. The van der Waals surface area contributed by atoms with E-state index in [1.807, 2.05) is 20.0 Å². The maximum absolute atomic E-state index is 11.8. The molecule has 3 heterocycles. The van der Waals surface area contributed by atoms with Gasteiger partial charge in [-0.2, -0.15) is 0 Å². The normalized spacial score (nSPS) is 28.0. The Kier molecular flexibility index (Phi) is 2.78. The highest BCUT2D eigenvalue weighted by Gasteiger charge is 2.37. The van der Waals surface area contributed by atoms with Gasteiger partial charge in [0.25, 0.3) is 0 Å². The minimum absolute atomic E-state index is 0.0380. The van der Waals surface area contributed by atoms with Gasteiger partial charge in [0, 0.05) is 25.7 Å². The lowest BCUT2D eigenvalue weighted by molar-refractivity contribution is -0.145. The molecule has 0 bridgehead atoms. The van der Waals surface area contributed by atoms with Crippen molar-refractivity contribution < 1.29 is 9.53 Å². The van der Waals surface area contributed by atoms with E-state index in [0.717, 1.165) is 37.4 Å². The van der Waals surface area contributed by atoms with Gasteiger partial charge in [0.2, 0.25) is 0 Å². The first-order chi connectivity index (χ1) is 8.63. The summed E-state index contributed by atoms with van der Waals surface area (Å²) < 4.78 is 5.23. The lowest BCUT2D eigenvalue weighted by Crippen LogP contribution is -2.42. The summed E-state index contributed by atoms with van der Waals surface area (Å²) in [6.07, 6.45) is 3.65. The number of fused-ring (bicyclic) bond motifs is 1. The number of carbonyl (C=O) groups is 1. The van der Waals surface area contributed by atoms with Crippen molar-refractivity contribution in [2.75, 3.05) is 6.54 Å². The zero-order chi connectivity index (χ0) is 12.7. The summed E-state index contributed by atoms with van der Waals surface area (Å²) in [7, 11) is 0. The van der Waals surface area contributed by atoms with Crippen molar-refractivity contribution in [1.29, 1.82) is 0 Å². The summed E-state index contributed by atoms with van der Waals surface area (Å²) >= 11 is 0. The van der Waals surface area contributed by atoms with Crippen molar-refractivity contribution in [2.45, 2.75) is 45.4 Å². The number of aryl methyl sites for hydroxylation is 1. The van der Waals surface area contributed by atoms with Gasteiger partial charge >= 0.3 is 5.97 Å². The monoisotopic (exact) mass is 247 g/mol. The minimum atomic E-state index is -0.0941. The summed E-state index contributed by atoms with van der Waals surface area (Å²) in [6.45, 7) is 5.45. The van der Waals surface area contributed by atoms with E-state index >= 15 is 0 Å². The number of rotatable bonds is 1. The van der Waals surface area contributed by atoms with E-state index in [9.17, 15) is 4.79 Å². The van der Waals surface area contributed by atoms with Crippen molar-refractivity contribution >= 4 is 5.97 Å². The maximum atomic E-state index is 11.8. The molecule has 0 radical (unpaired) electrons. The van der Waals surface area contributed by atoms with Crippen LogP contribution in [0.4, 0.5) is 0 Å². The van der Waals surface area contributed by atoms with Crippen molar-refractivity contribution in [3.8, 4) is 0 Å². The highest BCUT2D eigenvalue weighted by atomic mass is 16.6. The van der Waals surface area contributed by atoms with Gasteiger partial charge in [0.05, 0.1) is 5.69 Å². The first-order valence-electron chi connectivity index (χ1n) is 6.39. The van der Waals surface area contributed by atoms with Crippen LogP contribution in [0.15, 0.2) is 6.20 Å². The molecule has 5 heteroatoms. The predicted molar refractivity (Wildman–Crippen MR) is 64.8 cm³/mol. The Morgan fingerprint density at radius 3 is 3.06 bits per heavy atom. The highest BCUT2D eigenvalue weighted by Crippen LogP contribution is 2.25. The summed E-state index contributed by atoms with van der Waals surface area (Å²) in [5.41, 5.74) is 2.26. The minimum Gasteiger partial charge on any atom is -0.461 e. The standard InChI is InChI=1S/C13H17N3O2/c1-8-5-12(13(17)18-8)16-4-3-10-6-14-9(2)15-11(10)7-16/h6,8,12H,3-5,7H2,1-2H3/t8-,12-/m1/s1. The van der Waals surface area contributed by atoms with Crippen molar-refractivity contribution in [1.82, 2.24) is 14.9 Å². The Hall–Kier alpha value is -1.49. The van der Waals surface area contributed by atoms with Crippen LogP contribution in [0.25, 0.3) is 0 Å². The van der Waals surface area contributed by atoms with Crippen molar-refractivity contribution in [3.63, 3.8) is 0 Å². The van der Waals surface area contributed by atoms with E-state index < -0.39 is 0 Å². The van der Waals surface area contributed by atoms with Crippen LogP contribution in [0.1, 0.15) is 30.4 Å². The SMILES string of the molecule is Cc1ncc2c(n1)CN([C@@H]1C[C@@H](C)OC1=O)CC2. The van der Waals surface area contributed by atoms with Crippen LogP contribution in [0.5, 0.6) is 0 Å². The largest absolute Gasteiger partial charge is 0.461 e. The second-order valence-corrected chi connectivity index (χ2v) is 5.11. The molecule has 0 saturated carbocycles. The Morgan fingerprint density at radius 1 is 1.50 bits per heavy atom. The van der Waals surface area contributed by atoms with E-state index in [-0.39, 0.29) is 18.1 Å². The van der Waals surface area contributed by atoms with Gasteiger partial charge in [-0.25, -0.2) is 9.97 Å². The van der Waals surface area contributed by atoms with E-state index in [2.05, 4.69) is 14.9 Å². The van der Waals surface area contributed by atoms with Crippen LogP contribution < -0.4 is 0 Å². The molecule has 1 aromatic heterocycles. The van der Waals surface area contributed by atoms with Crippen LogP contribution >= 0.6 is 0 Å². The molecule has 0 amide bonds. The third-order valence-corrected chi connectivity index (χ3v) is 3.68. The zero-order valence-electron chi connectivity index (χ0n) is 10.7. The Bertz CT molecular complexity index is 489. The van der Waals surface area contributed by atoms with Crippen LogP contribution in [0.3, 0.4) is 0 Å². The summed E-state index contributed by atoms with van der Waals surface area (Å²) in [5, 5.41) is 0. The zero-order valence-corrected chi connectivity index (χ0v) is 10.7. The predicted octanol–water partition coefficient (Wildman–Crippen LogP) is 0.847. The van der Waals surface area contributed by atoms with E-state index in [1.54, 1.807) is 0 Å². The molecular formula is C13H17N3O2. The van der Waals surface area contributed by atoms with E-state index in [4.69, 9.17) is 4.74 Å². The van der Waals surface area contributed by atoms with Crippen molar-refractivity contribution in [3.05, 3.63) is 23.3 Å². The summed E-state index contributed by atoms with van der Waals surface area (Å²) in [4.78, 5) is 22.6. The third-order valence-electron chi connectivity index (χ3n) is 3.68. The molecule has 1 saturated heterocycles. The fourth-order valence-corrected chi connectivity index (χ4v) is 2.72. The molecule has 1 aromatic rings. The lowest BCUT2D eigenvalue weighted by atomic mass is 10.0. The highest BCUT2D eigenvalue weighted by molar-refractivity contribution is 5.78. The van der Waals surface area contributed by atoms with E-state index in [1.165, 1.54) is 5.56 Å². The number of hydrogen-bond acceptors (Lipinski definition) is 5. The molecule has 5 nitrogen and oxygen atoms in total. The first-order valence-corrected chi connectivity index (χ1v) is 6.39. The molecule has 2 aliphatic rings. The topological polar surface area (TPSA) is 55.3 Å². The van der Waals surface area contributed by atoms with Gasteiger partial charge in [0.15, 0.2) is 0 Å². The molecule has 1 fully saturated rings. The van der Waals surface area contributed by atoms with Crippen LogP contribution in [-0.4, -0.2) is 39.5 Å². The quantitative estimate of drug-likeness (QED) is 0.689. The number of carbonyl (C=O) groups excluding carboxylic acids is 1. The number of aromatic nitrogens is 2. The molecule has 0 aliphatic carbocycles. The molecule has 2 atom stereocenters. The number of ether oxygens (including phenoxy) is 1. The van der Waals surface area contributed by atoms with Gasteiger partial charge in [-0.3, -0.25) is 9.69 Å². The number of nitrogens with zero attached hydrogens (tertiary/aromatic N) is 3. The fraction of sp³-hybridized carbons (Fsp3) is 0.615. The molecule has 18 heavy (non-hydrogen) atoms. The Labute approximate surface area is 106 Å². The van der Waals surface area contributed by atoms with Crippen molar-refractivity contribution in [2.24, 2.45) is 0 Å². The molecule has 0 N–H and O–H groups in total. The Morgan fingerprint density at radius 2 is 2.33 bits per heavy atom. The first kappa shape index (κ1) is 11.6. The molecular weight excluding hydrogens is 230 g/mol. The molecule has 0 unspecified atom stereocenters. The van der Waals surface area contributed by atoms with Gasteiger partial charge in [-0.1, -0.05) is 0 Å². The lowest BCUT2D eigenvalue weighted by Gasteiger charge is -2.30. The number of esters is 1. The molecule has 3 rings (SSSR count). The fourth-order valence-electron chi connectivity index (χ4n) is 2.72. The summed E-state index contributed by atoms with van der Waals surface area (Å²) in [6, 6.07) is -0.0941. The molecule has 0 aromatic carbocycles. The van der Waals surface area contributed by atoms with Gasteiger partial charge < -0.3 is 4.74 Å². The summed E-state index contributed by atoms with van der Waals surface area (Å²) in [5.74, 6) is 0.703. The number of hydrogen-bond donors (Lipinski definition) is 0.